The molecule has 3 aromatic rings. The molecule has 0 aromatic heterocycles. The molecule has 3 aromatic carbocycles. The predicted molar refractivity (Wildman–Crippen MR) is 133 cm³/mol. The van der Waals surface area contributed by atoms with Gasteiger partial charge in [-0.05, 0) is 43.0 Å². The van der Waals surface area contributed by atoms with Gasteiger partial charge in [-0.25, -0.2) is 0 Å². The highest BCUT2D eigenvalue weighted by Crippen LogP contribution is 2.24. The third-order valence-corrected chi connectivity index (χ3v) is 6.26. The summed E-state index contributed by atoms with van der Waals surface area (Å²) in [5.41, 5.74) is 4.28. The van der Waals surface area contributed by atoms with Gasteiger partial charge in [-0.15, -0.1) is 0 Å². The maximum Gasteiger partial charge on any atom is 0.261 e. The fraction of sp³-hybridized carbons (Fsp3) is 0.276. The number of amides is 3. The number of unbranched alkanes of at least 4 members (excludes halogenated alkanes) is 3. The summed E-state index contributed by atoms with van der Waals surface area (Å²) < 4.78 is 0. The Bertz CT molecular complexity index is 1120. The SMILES string of the molecule is Cc1ccc(C(NC(=O)CCCCCCN2C(=O)c3ccccc3C2=O)c2ccccc2)cc1. The lowest BCUT2D eigenvalue weighted by atomic mass is 9.97. The fourth-order valence-electron chi connectivity index (χ4n) is 4.35. The van der Waals surface area contributed by atoms with Crippen molar-refractivity contribution in [2.75, 3.05) is 6.54 Å². The minimum Gasteiger partial charge on any atom is -0.345 e. The van der Waals surface area contributed by atoms with Crippen molar-refractivity contribution in [1.29, 1.82) is 0 Å². The molecule has 1 aliphatic rings. The van der Waals surface area contributed by atoms with Gasteiger partial charge in [-0.2, -0.15) is 0 Å². The van der Waals surface area contributed by atoms with E-state index < -0.39 is 0 Å². The van der Waals surface area contributed by atoms with E-state index in [-0.39, 0.29) is 23.8 Å². The number of imide groups is 1. The van der Waals surface area contributed by atoms with E-state index in [9.17, 15) is 14.4 Å². The van der Waals surface area contributed by atoms with Crippen molar-refractivity contribution in [1.82, 2.24) is 10.2 Å². The zero-order chi connectivity index (χ0) is 23.9. The quantitative estimate of drug-likeness (QED) is 0.327. The van der Waals surface area contributed by atoms with Crippen LogP contribution in [0.3, 0.4) is 0 Å². The molecule has 1 N–H and O–H groups in total. The molecule has 1 heterocycles. The zero-order valence-electron chi connectivity index (χ0n) is 19.5. The van der Waals surface area contributed by atoms with Gasteiger partial charge in [0.05, 0.1) is 17.2 Å². The summed E-state index contributed by atoms with van der Waals surface area (Å²) in [7, 11) is 0. The number of rotatable bonds is 10. The first-order valence-corrected chi connectivity index (χ1v) is 11.9. The van der Waals surface area contributed by atoms with Gasteiger partial charge in [0.1, 0.15) is 0 Å². The second-order valence-corrected chi connectivity index (χ2v) is 8.79. The van der Waals surface area contributed by atoms with Crippen molar-refractivity contribution in [3.8, 4) is 0 Å². The first-order valence-electron chi connectivity index (χ1n) is 11.9. The van der Waals surface area contributed by atoms with E-state index in [2.05, 4.69) is 29.6 Å². The van der Waals surface area contributed by atoms with Gasteiger partial charge < -0.3 is 5.32 Å². The summed E-state index contributed by atoms with van der Waals surface area (Å²) in [5, 5.41) is 3.19. The van der Waals surface area contributed by atoms with Gasteiger partial charge in [0.2, 0.25) is 5.91 Å². The number of carbonyl (C=O) groups excluding carboxylic acids is 3. The van der Waals surface area contributed by atoms with Crippen molar-refractivity contribution >= 4 is 17.7 Å². The van der Waals surface area contributed by atoms with Gasteiger partial charge >= 0.3 is 0 Å². The van der Waals surface area contributed by atoms with E-state index in [1.165, 1.54) is 10.5 Å². The Labute approximate surface area is 200 Å². The molecule has 0 bridgehead atoms. The van der Waals surface area contributed by atoms with Crippen molar-refractivity contribution < 1.29 is 14.4 Å². The number of aryl methyl sites for hydroxylation is 1. The fourth-order valence-corrected chi connectivity index (χ4v) is 4.35. The Hall–Kier alpha value is -3.73. The van der Waals surface area contributed by atoms with E-state index in [0.717, 1.165) is 36.8 Å². The molecule has 34 heavy (non-hydrogen) atoms. The Morgan fingerprint density at radius 2 is 1.29 bits per heavy atom. The molecular formula is C29H30N2O3. The van der Waals surface area contributed by atoms with Crippen LogP contribution < -0.4 is 5.32 Å². The van der Waals surface area contributed by atoms with Crippen LogP contribution in [0.25, 0.3) is 0 Å². The predicted octanol–water partition coefficient (Wildman–Crippen LogP) is 5.45. The molecule has 174 valence electrons. The zero-order valence-corrected chi connectivity index (χ0v) is 19.5. The van der Waals surface area contributed by atoms with Crippen LogP contribution in [0.2, 0.25) is 0 Å². The molecule has 1 unspecified atom stereocenters. The summed E-state index contributed by atoms with van der Waals surface area (Å²) in [6.07, 6.45) is 3.69. The number of fused-ring (bicyclic) bond motifs is 1. The summed E-state index contributed by atoms with van der Waals surface area (Å²) in [6, 6.07) is 25.0. The van der Waals surface area contributed by atoms with Crippen molar-refractivity contribution in [2.45, 2.75) is 45.1 Å². The molecule has 5 heteroatoms. The molecule has 0 spiro atoms. The van der Waals surface area contributed by atoms with Crippen LogP contribution >= 0.6 is 0 Å². The smallest absolute Gasteiger partial charge is 0.261 e. The van der Waals surface area contributed by atoms with E-state index in [1.54, 1.807) is 24.3 Å². The average Bonchev–Trinajstić information content (AvgIpc) is 3.10. The number of carbonyl (C=O) groups is 3. The Morgan fingerprint density at radius 1 is 0.735 bits per heavy atom. The Balaban J connectivity index is 1.22. The minimum absolute atomic E-state index is 0.0229. The molecule has 5 nitrogen and oxygen atoms in total. The lowest BCUT2D eigenvalue weighted by molar-refractivity contribution is -0.121. The Morgan fingerprint density at radius 3 is 1.94 bits per heavy atom. The van der Waals surface area contributed by atoms with Crippen molar-refractivity contribution in [3.05, 3.63) is 107 Å². The normalized spacial score (nSPS) is 13.6. The second-order valence-electron chi connectivity index (χ2n) is 8.79. The second kappa shape index (κ2) is 10.9. The maximum atomic E-state index is 12.7. The van der Waals surface area contributed by atoms with Crippen LogP contribution in [0.4, 0.5) is 0 Å². The highest BCUT2D eigenvalue weighted by molar-refractivity contribution is 6.21. The van der Waals surface area contributed by atoms with Gasteiger partial charge in [-0.1, -0.05) is 85.1 Å². The largest absolute Gasteiger partial charge is 0.345 e. The van der Waals surface area contributed by atoms with Gasteiger partial charge in [0.15, 0.2) is 0 Å². The number of hydrogen-bond donors (Lipinski definition) is 1. The summed E-state index contributed by atoms with van der Waals surface area (Å²) >= 11 is 0. The highest BCUT2D eigenvalue weighted by Gasteiger charge is 2.34. The number of benzene rings is 3. The van der Waals surface area contributed by atoms with E-state index in [1.807, 2.05) is 37.3 Å². The highest BCUT2D eigenvalue weighted by atomic mass is 16.2. The molecule has 0 aliphatic carbocycles. The van der Waals surface area contributed by atoms with Crippen LogP contribution in [0.15, 0.2) is 78.9 Å². The third-order valence-electron chi connectivity index (χ3n) is 6.26. The number of hydrogen-bond acceptors (Lipinski definition) is 3. The van der Waals surface area contributed by atoms with Gasteiger partial charge in [0.25, 0.3) is 11.8 Å². The average molecular weight is 455 g/mol. The molecule has 0 saturated heterocycles. The molecule has 1 atom stereocenters. The minimum atomic E-state index is -0.206. The van der Waals surface area contributed by atoms with Crippen molar-refractivity contribution in [3.63, 3.8) is 0 Å². The third kappa shape index (κ3) is 5.42. The van der Waals surface area contributed by atoms with Crippen LogP contribution in [0.1, 0.15) is 75.6 Å². The van der Waals surface area contributed by atoms with Gasteiger partial charge in [-0.3, -0.25) is 19.3 Å². The Kier molecular flexibility index (Phi) is 7.53. The maximum absolute atomic E-state index is 12.7. The molecule has 0 fully saturated rings. The summed E-state index contributed by atoms with van der Waals surface area (Å²) in [4.78, 5) is 38.9. The standard InChI is InChI=1S/C29H30N2O3/c1-21-16-18-23(19-17-21)27(22-11-5-4-6-12-22)30-26(32)15-7-2-3-10-20-31-28(33)24-13-8-9-14-25(24)29(31)34/h4-6,8-9,11-14,16-19,27H,2-3,7,10,15,20H2,1H3,(H,30,32). The van der Waals surface area contributed by atoms with Crippen LogP contribution in [-0.2, 0) is 4.79 Å². The van der Waals surface area contributed by atoms with E-state index in [4.69, 9.17) is 0 Å². The molecule has 1 aliphatic heterocycles. The molecule has 0 radical (unpaired) electrons. The summed E-state index contributed by atoms with van der Waals surface area (Å²) in [6.45, 7) is 2.47. The van der Waals surface area contributed by atoms with Crippen molar-refractivity contribution in [2.24, 2.45) is 0 Å². The van der Waals surface area contributed by atoms with Crippen LogP contribution in [0.5, 0.6) is 0 Å². The van der Waals surface area contributed by atoms with Gasteiger partial charge in [0, 0.05) is 13.0 Å². The molecule has 3 amide bonds. The van der Waals surface area contributed by atoms with Crippen LogP contribution in [-0.4, -0.2) is 29.2 Å². The monoisotopic (exact) mass is 454 g/mol. The summed E-state index contributed by atoms with van der Waals surface area (Å²) in [5.74, 6) is -0.388. The molecule has 0 saturated carbocycles. The van der Waals surface area contributed by atoms with Crippen LogP contribution in [0, 0.1) is 6.92 Å². The van der Waals surface area contributed by atoms with E-state index >= 15 is 0 Å². The lowest BCUT2D eigenvalue weighted by Crippen LogP contribution is -2.30. The van der Waals surface area contributed by atoms with E-state index in [0.29, 0.717) is 24.1 Å². The lowest BCUT2D eigenvalue weighted by Gasteiger charge is -2.20. The first kappa shape index (κ1) is 23.4. The first-order chi connectivity index (χ1) is 16.5. The number of nitrogens with zero attached hydrogens (tertiary/aromatic N) is 1. The number of nitrogens with one attached hydrogen (secondary N) is 1. The topological polar surface area (TPSA) is 66.5 Å². The molecule has 4 rings (SSSR count). The molecular weight excluding hydrogens is 424 g/mol.